The van der Waals surface area contributed by atoms with Crippen LogP contribution in [-0.4, -0.2) is 17.2 Å². The van der Waals surface area contributed by atoms with E-state index in [-0.39, 0.29) is 12.2 Å². The van der Waals surface area contributed by atoms with Gasteiger partial charge in [0, 0.05) is 0 Å². The summed E-state index contributed by atoms with van der Waals surface area (Å²) in [6.07, 6.45) is 0. The molecule has 0 amide bonds. The van der Waals surface area contributed by atoms with Crippen LogP contribution in [0.15, 0.2) is 36.4 Å². The van der Waals surface area contributed by atoms with Crippen molar-refractivity contribution in [1.82, 2.24) is 0 Å². The molecule has 2 rings (SSSR count). The van der Waals surface area contributed by atoms with Gasteiger partial charge in [-0.15, -0.1) is 0 Å². The van der Waals surface area contributed by atoms with Crippen molar-refractivity contribution in [3.63, 3.8) is 0 Å². The fourth-order valence-corrected chi connectivity index (χ4v) is 1.90. The normalized spacial score (nSPS) is 10.0. The molecule has 21 heavy (non-hydrogen) atoms. The van der Waals surface area contributed by atoms with E-state index in [0.717, 1.165) is 5.56 Å². The molecule has 6 heteroatoms. The fraction of sp³-hybridized carbons (Fsp3) is 0.133. The first-order valence-electron chi connectivity index (χ1n) is 6.29. The molecule has 2 aromatic rings. The molecule has 0 atom stereocenters. The van der Waals surface area contributed by atoms with Crippen molar-refractivity contribution in [3.8, 4) is 11.8 Å². The molecule has 0 aliphatic carbocycles. The van der Waals surface area contributed by atoms with Crippen molar-refractivity contribution in [2.24, 2.45) is 0 Å². The second kappa shape index (κ2) is 6.40. The fourth-order valence-electron chi connectivity index (χ4n) is 1.90. The van der Waals surface area contributed by atoms with E-state index < -0.39 is 12.9 Å². The van der Waals surface area contributed by atoms with Crippen LogP contribution in [0, 0.1) is 24.1 Å². The number of aryl methyl sites for hydroxylation is 1. The highest BCUT2D eigenvalue weighted by Gasteiger charge is 2.12. The first-order chi connectivity index (χ1) is 10.0. The van der Waals surface area contributed by atoms with Gasteiger partial charge in [0.2, 0.25) is 0 Å². The Kier molecular flexibility index (Phi) is 4.58. The van der Waals surface area contributed by atoms with Gasteiger partial charge in [-0.05, 0) is 41.7 Å². The van der Waals surface area contributed by atoms with Crippen LogP contribution in [0.2, 0.25) is 0 Å². The highest BCUT2D eigenvalue weighted by atomic mass is 19.1. The number of benzene rings is 2. The third-order valence-electron chi connectivity index (χ3n) is 3.04. The average molecular weight is 285 g/mol. The molecule has 4 nitrogen and oxygen atoms in total. The quantitative estimate of drug-likeness (QED) is 0.829. The van der Waals surface area contributed by atoms with Gasteiger partial charge in [0.25, 0.3) is 0 Å². The largest absolute Gasteiger partial charge is 0.489 e. The van der Waals surface area contributed by atoms with Gasteiger partial charge in [0.05, 0.1) is 5.56 Å². The van der Waals surface area contributed by atoms with Gasteiger partial charge < -0.3 is 14.8 Å². The van der Waals surface area contributed by atoms with Gasteiger partial charge >= 0.3 is 7.12 Å². The molecule has 0 saturated carbocycles. The van der Waals surface area contributed by atoms with Crippen LogP contribution >= 0.6 is 0 Å². The summed E-state index contributed by atoms with van der Waals surface area (Å²) in [5.74, 6) is 0.0287. The van der Waals surface area contributed by atoms with E-state index in [0.29, 0.717) is 16.8 Å². The number of halogens is 1. The van der Waals surface area contributed by atoms with Gasteiger partial charge in [-0.25, -0.2) is 4.39 Å². The third kappa shape index (κ3) is 3.60. The molecular formula is C15H13BFNO3. The second-order valence-electron chi connectivity index (χ2n) is 4.61. The highest BCUT2D eigenvalue weighted by molar-refractivity contribution is 6.58. The summed E-state index contributed by atoms with van der Waals surface area (Å²) in [7, 11) is -1.52. The number of nitrogens with zero attached hydrogens (tertiary/aromatic N) is 1. The molecular weight excluding hydrogens is 272 g/mol. The monoisotopic (exact) mass is 285 g/mol. The predicted molar refractivity (Wildman–Crippen MR) is 76.5 cm³/mol. The van der Waals surface area contributed by atoms with E-state index >= 15 is 0 Å². The van der Waals surface area contributed by atoms with Crippen LogP contribution in [0.1, 0.15) is 16.7 Å². The Balaban J connectivity index is 2.12. The molecule has 0 radical (unpaired) electrons. The van der Waals surface area contributed by atoms with Gasteiger partial charge in [0.15, 0.2) is 0 Å². The van der Waals surface area contributed by atoms with Crippen molar-refractivity contribution in [2.75, 3.05) is 0 Å². The van der Waals surface area contributed by atoms with E-state index in [1.807, 2.05) is 0 Å². The highest BCUT2D eigenvalue weighted by Crippen LogP contribution is 2.18. The molecule has 0 saturated heterocycles. The molecule has 0 aliphatic rings. The van der Waals surface area contributed by atoms with Crippen LogP contribution < -0.4 is 10.2 Å². The smallest absolute Gasteiger partial charge is 0.488 e. The summed E-state index contributed by atoms with van der Waals surface area (Å²) in [4.78, 5) is 0. The lowest BCUT2D eigenvalue weighted by Crippen LogP contribution is -2.29. The SMILES string of the molecule is Cc1cc(B(O)O)ccc1OCc1ccc(F)c(C#N)c1. The van der Waals surface area contributed by atoms with Gasteiger partial charge in [0.1, 0.15) is 24.2 Å². The van der Waals surface area contributed by atoms with E-state index in [2.05, 4.69) is 0 Å². The third-order valence-corrected chi connectivity index (χ3v) is 3.04. The number of hydrogen-bond donors (Lipinski definition) is 2. The van der Waals surface area contributed by atoms with Crippen molar-refractivity contribution >= 4 is 12.6 Å². The Morgan fingerprint density at radius 1 is 1.24 bits per heavy atom. The Labute approximate surface area is 122 Å². The number of hydrogen-bond acceptors (Lipinski definition) is 4. The summed E-state index contributed by atoms with van der Waals surface area (Å²) in [6, 6.07) is 10.8. The van der Waals surface area contributed by atoms with Crippen molar-refractivity contribution < 1.29 is 19.2 Å². The standard InChI is InChI=1S/C15H13BFNO3/c1-10-6-13(16(19)20)3-5-15(10)21-9-11-2-4-14(17)12(7-11)8-18/h2-7,19-20H,9H2,1H3. The molecule has 0 unspecified atom stereocenters. The van der Waals surface area contributed by atoms with E-state index in [1.165, 1.54) is 12.1 Å². The molecule has 0 heterocycles. The molecule has 106 valence electrons. The van der Waals surface area contributed by atoms with Crippen LogP contribution in [-0.2, 0) is 6.61 Å². The Hall–Kier alpha value is -2.36. The predicted octanol–water partition coefficient (Wildman–Crippen LogP) is 1.26. The average Bonchev–Trinajstić information content (AvgIpc) is 2.47. The van der Waals surface area contributed by atoms with Crippen LogP contribution in [0.3, 0.4) is 0 Å². The summed E-state index contributed by atoms with van der Waals surface area (Å²) in [6.45, 7) is 1.98. The minimum Gasteiger partial charge on any atom is -0.489 e. The minimum atomic E-state index is -1.52. The van der Waals surface area contributed by atoms with E-state index in [9.17, 15) is 4.39 Å². The number of nitriles is 1. The van der Waals surface area contributed by atoms with Gasteiger partial charge in [-0.2, -0.15) is 5.26 Å². The second-order valence-corrected chi connectivity index (χ2v) is 4.61. The number of rotatable bonds is 4. The molecule has 2 N–H and O–H groups in total. The zero-order valence-electron chi connectivity index (χ0n) is 11.4. The molecule has 2 aromatic carbocycles. The molecule has 0 spiro atoms. The lowest BCUT2D eigenvalue weighted by molar-refractivity contribution is 0.304. The summed E-state index contributed by atoms with van der Waals surface area (Å²) < 4.78 is 18.8. The van der Waals surface area contributed by atoms with E-state index in [1.54, 1.807) is 37.3 Å². The summed E-state index contributed by atoms with van der Waals surface area (Å²) in [5.41, 5.74) is 1.79. The van der Waals surface area contributed by atoms with Crippen LogP contribution in [0.25, 0.3) is 0 Å². The molecule has 0 bridgehead atoms. The molecule has 0 fully saturated rings. The summed E-state index contributed by atoms with van der Waals surface area (Å²) >= 11 is 0. The lowest BCUT2D eigenvalue weighted by atomic mass is 9.79. The maximum absolute atomic E-state index is 13.2. The van der Waals surface area contributed by atoms with Gasteiger partial charge in [-0.3, -0.25) is 0 Å². The van der Waals surface area contributed by atoms with E-state index in [4.69, 9.17) is 20.0 Å². The molecule has 0 aromatic heterocycles. The Bertz CT molecular complexity index is 698. The van der Waals surface area contributed by atoms with Crippen molar-refractivity contribution in [3.05, 3.63) is 58.9 Å². The first-order valence-corrected chi connectivity index (χ1v) is 6.29. The zero-order chi connectivity index (χ0) is 15.4. The summed E-state index contributed by atoms with van der Waals surface area (Å²) in [5, 5.41) is 26.9. The molecule has 0 aliphatic heterocycles. The maximum Gasteiger partial charge on any atom is 0.488 e. The van der Waals surface area contributed by atoms with Crippen molar-refractivity contribution in [2.45, 2.75) is 13.5 Å². The van der Waals surface area contributed by atoms with Crippen LogP contribution in [0.5, 0.6) is 5.75 Å². The van der Waals surface area contributed by atoms with Crippen molar-refractivity contribution in [1.29, 1.82) is 5.26 Å². The minimum absolute atomic E-state index is 0.0217. The first kappa shape index (κ1) is 15.0. The topological polar surface area (TPSA) is 73.5 Å². The zero-order valence-corrected chi connectivity index (χ0v) is 11.4. The Morgan fingerprint density at radius 2 is 2.00 bits per heavy atom. The maximum atomic E-state index is 13.2. The Morgan fingerprint density at radius 3 is 2.62 bits per heavy atom. The van der Waals surface area contributed by atoms with Crippen LogP contribution in [0.4, 0.5) is 4.39 Å². The lowest BCUT2D eigenvalue weighted by Gasteiger charge is -2.11. The number of ether oxygens (including phenoxy) is 1. The van der Waals surface area contributed by atoms with Gasteiger partial charge in [-0.1, -0.05) is 18.2 Å².